The summed E-state index contributed by atoms with van der Waals surface area (Å²) in [7, 11) is 1.59. The van der Waals surface area contributed by atoms with Crippen LogP contribution in [-0.2, 0) is 0 Å². The van der Waals surface area contributed by atoms with E-state index in [0.29, 0.717) is 11.1 Å². The fourth-order valence-electron chi connectivity index (χ4n) is 2.54. The molecule has 3 N–H and O–H groups in total. The van der Waals surface area contributed by atoms with E-state index in [-0.39, 0.29) is 5.91 Å². The average Bonchev–Trinajstić information content (AvgIpc) is 3.08. The molecule has 0 radical (unpaired) electrons. The third kappa shape index (κ3) is 3.23. The van der Waals surface area contributed by atoms with Crippen molar-refractivity contribution in [3.63, 3.8) is 0 Å². The minimum atomic E-state index is -0.808. The number of aromatic amines is 1. The molecule has 6 nitrogen and oxygen atoms in total. The minimum absolute atomic E-state index is 0.238. The number of H-pyrrole nitrogens is 1. The van der Waals surface area contributed by atoms with Gasteiger partial charge in [-0.25, -0.2) is 0 Å². The first-order valence-electron chi connectivity index (χ1n) is 7.64. The Hall–Kier alpha value is -2.86. The summed E-state index contributed by atoms with van der Waals surface area (Å²) in [5, 5.41) is 20.9. The zero-order valence-corrected chi connectivity index (χ0v) is 13.5. The van der Waals surface area contributed by atoms with Crippen LogP contribution >= 0.6 is 0 Å². The van der Waals surface area contributed by atoms with E-state index in [0.717, 1.165) is 16.7 Å². The first kappa shape index (κ1) is 16.0. The predicted molar refractivity (Wildman–Crippen MR) is 91.0 cm³/mol. The minimum Gasteiger partial charge on any atom is -0.497 e. The summed E-state index contributed by atoms with van der Waals surface area (Å²) < 4.78 is 5.10. The third-order valence-corrected chi connectivity index (χ3v) is 3.99. The monoisotopic (exact) mass is 325 g/mol. The Bertz CT molecular complexity index is 842. The first-order valence-corrected chi connectivity index (χ1v) is 7.64. The molecule has 1 heterocycles. The van der Waals surface area contributed by atoms with Crippen LogP contribution in [0.2, 0.25) is 0 Å². The maximum atomic E-state index is 12.4. The van der Waals surface area contributed by atoms with Crippen molar-refractivity contribution in [2.75, 3.05) is 7.11 Å². The van der Waals surface area contributed by atoms with Crippen LogP contribution in [0.3, 0.4) is 0 Å². The van der Waals surface area contributed by atoms with Gasteiger partial charge in [0, 0.05) is 10.9 Å². The highest BCUT2D eigenvalue weighted by Crippen LogP contribution is 2.21. The van der Waals surface area contributed by atoms with Crippen molar-refractivity contribution in [3.05, 3.63) is 59.8 Å². The lowest BCUT2D eigenvalue weighted by atomic mass is 10.0. The van der Waals surface area contributed by atoms with Crippen molar-refractivity contribution in [3.8, 4) is 5.75 Å². The van der Waals surface area contributed by atoms with Gasteiger partial charge in [0.2, 0.25) is 0 Å². The summed E-state index contributed by atoms with van der Waals surface area (Å²) in [6.45, 7) is 1.77. The number of aliphatic hydroxyl groups excluding tert-OH is 1. The summed E-state index contributed by atoms with van der Waals surface area (Å²) in [6, 6.07) is 12.0. The second kappa shape index (κ2) is 6.72. The number of hydrogen-bond donors (Lipinski definition) is 3. The van der Waals surface area contributed by atoms with Crippen LogP contribution in [0.4, 0.5) is 0 Å². The quantitative estimate of drug-likeness (QED) is 0.672. The number of aromatic nitrogens is 2. The van der Waals surface area contributed by atoms with E-state index >= 15 is 0 Å². The van der Waals surface area contributed by atoms with E-state index in [1.165, 1.54) is 0 Å². The molecule has 0 saturated carbocycles. The maximum absolute atomic E-state index is 12.4. The normalized spacial score (nSPS) is 13.5. The van der Waals surface area contributed by atoms with E-state index in [1.807, 2.05) is 6.07 Å². The van der Waals surface area contributed by atoms with Gasteiger partial charge < -0.3 is 15.2 Å². The molecule has 1 amide bonds. The summed E-state index contributed by atoms with van der Waals surface area (Å²) in [6.07, 6.45) is 0.861. The molecule has 3 aromatic rings. The largest absolute Gasteiger partial charge is 0.497 e. The second-order valence-electron chi connectivity index (χ2n) is 5.65. The number of hydrogen-bond acceptors (Lipinski definition) is 4. The van der Waals surface area contributed by atoms with Crippen molar-refractivity contribution < 1.29 is 14.6 Å². The van der Waals surface area contributed by atoms with E-state index in [9.17, 15) is 9.90 Å². The molecule has 3 rings (SSSR count). The SMILES string of the molecule is COc1ccc(C(O)C(C)NC(=O)c2ccc3[nH]ncc3c2)cc1. The molecule has 0 aliphatic heterocycles. The van der Waals surface area contributed by atoms with Gasteiger partial charge in [0.25, 0.3) is 5.91 Å². The van der Waals surface area contributed by atoms with Crippen LogP contribution in [0.1, 0.15) is 28.9 Å². The highest BCUT2D eigenvalue weighted by molar-refractivity contribution is 5.98. The fourth-order valence-corrected chi connectivity index (χ4v) is 2.54. The number of aliphatic hydroxyl groups is 1. The van der Waals surface area contributed by atoms with Gasteiger partial charge in [0.1, 0.15) is 5.75 Å². The zero-order chi connectivity index (χ0) is 17.1. The molecule has 2 aromatic carbocycles. The molecule has 2 atom stereocenters. The molecule has 0 aliphatic rings. The van der Waals surface area contributed by atoms with Crippen LogP contribution in [0.5, 0.6) is 5.75 Å². The maximum Gasteiger partial charge on any atom is 0.251 e. The Morgan fingerprint density at radius 3 is 2.71 bits per heavy atom. The van der Waals surface area contributed by atoms with Gasteiger partial charge in [-0.2, -0.15) is 5.10 Å². The number of fused-ring (bicyclic) bond motifs is 1. The molecule has 2 unspecified atom stereocenters. The Morgan fingerprint density at radius 2 is 2.00 bits per heavy atom. The number of nitrogens with zero attached hydrogens (tertiary/aromatic N) is 1. The molecule has 0 bridgehead atoms. The number of nitrogens with one attached hydrogen (secondary N) is 2. The third-order valence-electron chi connectivity index (χ3n) is 3.99. The van der Waals surface area contributed by atoms with E-state index in [1.54, 1.807) is 56.6 Å². The smallest absolute Gasteiger partial charge is 0.251 e. The molecule has 0 fully saturated rings. The van der Waals surface area contributed by atoms with Crippen LogP contribution in [0.25, 0.3) is 10.9 Å². The molecular formula is C18H19N3O3. The van der Waals surface area contributed by atoms with E-state index in [4.69, 9.17) is 4.74 Å². The Balaban J connectivity index is 1.70. The first-order chi connectivity index (χ1) is 11.6. The van der Waals surface area contributed by atoms with Crippen LogP contribution in [0, 0.1) is 0 Å². The van der Waals surface area contributed by atoms with Gasteiger partial charge in [0.15, 0.2) is 0 Å². The second-order valence-corrected chi connectivity index (χ2v) is 5.65. The van der Waals surface area contributed by atoms with Crippen molar-refractivity contribution in [2.45, 2.75) is 19.1 Å². The number of benzene rings is 2. The summed E-state index contributed by atoms with van der Waals surface area (Å²) in [4.78, 5) is 12.4. The number of rotatable bonds is 5. The van der Waals surface area contributed by atoms with Gasteiger partial charge in [-0.3, -0.25) is 9.89 Å². The van der Waals surface area contributed by atoms with Gasteiger partial charge >= 0.3 is 0 Å². The number of carbonyl (C=O) groups excluding carboxylic acids is 1. The molecule has 124 valence electrons. The van der Waals surface area contributed by atoms with Crippen LogP contribution in [-0.4, -0.2) is 34.4 Å². The fraction of sp³-hybridized carbons (Fsp3) is 0.222. The van der Waals surface area contributed by atoms with Crippen LogP contribution < -0.4 is 10.1 Å². The highest BCUT2D eigenvalue weighted by Gasteiger charge is 2.19. The Kier molecular flexibility index (Phi) is 4.48. The highest BCUT2D eigenvalue weighted by atomic mass is 16.5. The topological polar surface area (TPSA) is 87.2 Å². The Labute approximate surface area is 139 Å². The standard InChI is InChI=1S/C18H19N3O3/c1-11(17(22)12-3-6-15(24-2)7-4-12)20-18(23)13-5-8-16-14(9-13)10-19-21-16/h3-11,17,22H,1-2H3,(H,19,21)(H,20,23). The van der Waals surface area contributed by atoms with Gasteiger partial charge in [-0.15, -0.1) is 0 Å². The molecule has 0 spiro atoms. The zero-order valence-electron chi connectivity index (χ0n) is 13.5. The van der Waals surface area contributed by atoms with Crippen molar-refractivity contribution in [1.82, 2.24) is 15.5 Å². The number of methoxy groups -OCH3 is 1. The van der Waals surface area contributed by atoms with E-state index < -0.39 is 12.1 Å². The number of amides is 1. The van der Waals surface area contributed by atoms with E-state index in [2.05, 4.69) is 15.5 Å². The molecule has 0 aliphatic carbocycles. The lowest BCUT2D eigenvalue weighted by molar-refractivity contribution is 0.0852. The Morgan fingerprint density at radius 1 is 1.25 bits per heavy atom. The van der Waals surface area contributed by atoms with Crippen LogP contribution in [0.15, 0.2) is 48.7 Å². The molecule has 0 saturated heterocycles. The van der Waals surface area contributed by atoms with Gasteiger partial charge in [-0.05, 0) is 42.8 Å². The number of carbonyl (C=O) groups is 1. The molecular weight excluding hydrogens is 306 g/mol. The van der Waals surface area contributed by atoms with Gasteiger partial charge in [-0.1, -0.05) is 12.1 Å². The molecule has 6 heteroatoms. The lowest BCUT2D eigenvalue weighted by Gasteiger charge is -2.21. The van der Waals surface area contributed by atoms with Crippen molar-refractivity contribution in [1.29, 1.82) is 0 Å². The van der Waals surface area contributed by atoms with Gasteiger partial charge in [0.05, 0.1) is 31.0 Å². The van der Waals surface area contributed by atoms with Crippen molar-refractivity contribution in [2.24, 2.45) is 0 Å². The summed E-state index contributed by atoms with van der Waals surface area (Å²) in [5.74, 6) is 0.481. The summed E-state index contributed by atoms with van der Waals surface area (Å²) in [5.41, 5.74) is 2.12. The number of ether oxygens (including phenoxy) is 1. The van der Waals surface area contributed by atoms with Crippen molar-refractivity contribution >= 4 is 16.8 Å². The molecule has 1 aromatic heterocycles. The molecule has 24 heavy (non-hydrogen) atoms. The predicted octanol–water partition coefficient (Wildman–Crippen LogP) is 2.42. The summed E-state index contributed by atoms with van der Waals surface area (Å²) >= 11 is 0. The average molecular weight is 325 g/mol. The lowest BCUT2D eigenvalue weighted by Crippen LogP contribution is -2.37.